The Morgan fingerprint density at radius 3 is 2.38 bits per heavy atom. The van der Waals surface area contributed by atoms with Gasteiger partial charge in [-0.05, 0) is 12.8 Å². The summed E-state index contributed by atoms with van der Waals surface area (Å²) in [4.78, 5) is 11.2. The van der Waals surface area contributed by atoms with E-state index in [1.807, 2.05) is 6.92 Å². The number of aliphatic hydroxyl groups excluding tert-OH is 1. The van der Waals surface area contributed by atoms with Crippen LogP contribution in [0.2, 0.25) is 0 Å². The number of esters is 1. The first-order valence-corrected chi connectivity index (χ1v) is 5.94. The van der Waals surface area contributed by atoms with Gasteiger partial charge in [0.15, 0.2) is 0 Å². The van der Waals surface area contributed by atoms with Gasteiger partial charge in [0.05, 0.1) is 13.0 Å². The summed E-state index contributed by atoms with van der Waals surface area (Å²) >= 11 is 0. The minimum Gasteiger partial charge on any atom is -0.469 e. The number of aliphatic hydroxyl groups is 1. The summed E-state index contributed by atoms with van der Waals surface area (Å²) in [5.41, 5.74) is -0.0597. The maximum absolute atomic E-state index is 11.2. The van der Waals surface area contributed by atoms with Crippen molar-refractivity contribution in [3.8, 4) is 0 Å². The van der Waals surface area contributed by atoms with E-state index in [0.717, 1.165) is 19.4 Å². The molecule has 0 amide bonds. The molecule has 4 heteroatoms. The molecule has 0 saturated heterocycles. The lowest BCUT2D eigenvalue weighted by Gasteiger charge is -2.30. The quantitative estimate of drug-likeness (QED) is 0.616. The number of carbonyl (C=O) groups excluding carboxylic acids is 1. The van der Waals surface area contributed by atoms with E-state index in [4.69, 9.17) is 0 Å². The minimum atomic E-state index is -0.199. The normalized spacial score (nSPS) is 13.6. The maximum Gasteiger partial charge on any atom is 0.309 e. The minimum absolute atomic E-state index is 0.0597. The summed E-state index contributed by atoms with van der Waals surface area (Å²) in [7, 11) is 1.40. The van der Waals surface area contributed by atoms with Crippen molar-refractivity contribution in [2.24, 2.45) is 11.3 Å². The third kappa shape index (κ3) is 4.49. The first kappa shape index (κ1) is 15.4. The zero-order chi connectivity index (χ0) is 12.6. The Balaban J connectivity index is 3.99. The van der Waals surface area contributed by atoms with Crippen molar-refractivity contribution in [2.75, 3.05) is 26.8 Å². The average Bonchev–Trinajstić information content (AvgIpc) is 2.34. The van der Waals surface area contributed by atoms with Crippen molar-refractivity contribution >= 4 is 5.97 Å². The van der Waals surface area contributed by atoms with Crippen LogP contribution in [0.15, 0.2) is 0 Å². The highest BCUT2D eigenvalue weighted by molar-refractivity contribution is 5.71. The van der Waals surface area contributed by atoms with Crippen molar-refractivity contribution in [2.45, 2.75) is 33.6 Å². The van der Waals surface area contributed by atoms with Gasteiger partial charge in [0.1, 0.15) is 0 Å². The summed E-state index contributed by atoms with van der Waals surface area (Å²) in [5, 5.41) is 12.6. The molecule has 16 heavy (non-hydrogen) atoms. The van der Waals surface area contributed by atoms with Gasteiger partial charge >= 0.3 is 5.97 Å². The van der Waals surface area contributed by atoms with E-state index < -0.39 is 0 Å². The largest absolute Gasteiger partial charge is 0.469 e. The number of methoxy groups -OCH3 is 1. The molecule has 2 N–H and O–H groups in total. The van der Waals surface area contributed by atoms with Gasteiger partial charge in [-0.15, -0.1) is 0 Å². The SMILES string of the molecule is CCC(CC)(CO)CNCC(C)C(=O)OC. The predicted molar refractivity (Wildman–Crippen MR) is 64.2 cm³/mol. The highest BCUT2D eigenvalue weighted by Crippen LogP contribution is 2.24. The Morgan fingerprint density at radius 1 is 1.44 bits per heavy atom. The Morgan fingerprint density at radius 2 is 2.00 bits per heavy atom. The molecule has 0 aromatic carbocycles. The molecule has 0 aliphatic carbocycles. The summed E-state index contributed by atoms with van der Waals surface area (Å²) in [6.45, 7) is 7.49. The van der Waals surface area contributed by atoms with Crippen LogP contribution >= 0.6 is 0 Å². The van der Waals surface area contributed by atoms with E-state index in [1.165, 1.54) is 7.11 Å². The molecule has 1 unspecified atom stereocenters. The number of hydrogen-bond donors (Lipinski definition) is 2. The molecule has 0 aromatic rings. The van der Waals surface area contributed by atoms with Gasteiger partial charge in [-0.25, -0.2) is 0 Å². The zero-order valence-electron chi connectivity index (χ0n) is 10.9. The first-order chi connectivity index (χ1) is 7.55. The van der Waals surface area contributed by atoms with E-state index >= 15 is 0 Å². The molecule has 96 valence electrons. The standard InChI is InChI=1S/C12H25NO3/c1-5-12(6-2,9-14)8-13-7-10(3)11(15)16-4/h10,13-14H,5-9H2,1-4H3. The van der Waals surface area contributed by atoms with E-state index in [9.17, 15) is 9.90 Å². The Labute approximate surface area is 98.4 Å². The monoisotopic (exact) mass is 231 g/mol. The van der Waals surface area contributed by atoms with Crippen LogP contribution in [0.5, 0.6) is 0 Å². The predicted octanol–water partition coefficient (Wildman–Crippen LogP) is 1.18. The molecule has 0 rings (SSSR count). The molecular formula is C12H25NO3. The number of rotatable bonds is 8. The lowest BCUT2D eigenvalue weighted by Crippen LogP contribution is -2.39. The molecule has 0 aromatic heterocycles. The highest BCUT2D eigenvalue weighted by atomic mass is 16.5. The van der Waals surface area contributed by atoms with Crippen molar-refractivity contribution < 1.29 is 14.6 Å². The topological polar surface area (TPSA) is 58.6 Å². The molecule has 0 spiro atoms. The van der Waals surface area contributed by atoms with Gasteiger partial charge in [-0.2, -0.15) is 0 Å². The van der Waals surface area contributed by atoms with E-state index in [1.54, 1.807) is 0 Å². The smallest absolute Gasteiger partial charge is 0.309 e. The Kier molecular flexibility index (Phi) is 7.34. The summed E-state index contributed by atoms with van der Waals surface area (Å²) in [6, 6.07) is 0. The molecule has 0 aliphatic heterocycles. The van der Waals surface area contributed by atoms with E-state index in [-0.39, 0.29) is 23.9 Å². The van der Waals surface area contributed by atoms with Gasteiger partial charge in [0, 0.05) is 25.1 Å². The van der Waals surface area contributed by atoms with Gasteiger partial charge in [0.2, 0.25) is 0 Å². The maximum atomic E-state index is 11.2. The van der Waals surface area contributed by atoms with Crippen molar-refractivity contribution in [3.63, 3.8) is 0 Å². The van der Waals surface area contributed by atoms with Crippen LogP contribution < -0.4 is 5.32 Å². The molecule has 1 atom stereocenters. The Hall–Kier alpha value is -0.610. The second kappa shape index (κ2) is 7.63. The fourth-order valence-corrected chi connectivity index (χ4v) is 1.62. The average molecular weight is 231 g/mol. The number of ether oxygens (including phenoxy) is 1. The fourth-order valence-electron chi connectivity index (χ4n) is 1.62. The second-order valence-corrected chi connectivity index (χ2v) is 4.42. The second-order valence-electron chi connectivity index (χ2n) is 4.42. The molecule has 0 aliphatic rings. The van der Waals surface area contributed by atoms with Gasteiger partial charge in [-0.3, -0.25) is 4.79 Å². The summed E-state index contributed by atoms with van der Waals surface area (Å²) in [5.74, 6) is -0.342. The van der Waals surface area contributed by atoms with Crippen LogP contribution in [-0.4, -0.2) is 37.9 Å². The van der Waals surface area contributed by atoms with Crippen molar-refractivity contribution in [1.82, 2.24) is 5.32 Å². The third-order valence-electron chi connectivity index (χ3n) is 3.39. The molecule has 0 heterocycles. The molecule has 0 fully saturated rings. The molecule has 0 saturated carbocycles. The fraction of sp³-hybridized carbons (Fsp3) is 0.917. The van der Waals surface area contributed by atoms with Crippen molar-refractivity contribution in [3.05, 3.63) is 0 Å². The summed E-state index contributed by atoms with van der Waals surface area (Å²) in [6.07, 6.45) is 1.86. The van der Waals surface area contributed by atoms with E-state index in [0.29, 0.717) is 6.54 Å². The molecule has 0 radical (unpaired) electrons. The molecular weight excluding hydrogens is 206 g/mol. The number of nitrogens with one attached hydrogen (secondary N) is 1. The Bertz CT molecular complexity index is 194. The van der Waals surface area contributed by atoms with Crippen LogP contribution in [0, 0.1) is 11.3 Å². The first-order valence-electron chi connectivity index (χ1n) is 5.94. The zero-order valence-corrected chi connectivity index (χ0v) is 10.9. The van der Waals surface area contributed by atoms with Gasteiger partial charge in [0.25, 0.3) is 0 Å². The highest BCUT2D eigenvalue weighted by Gasteiger charge is 2.25. The third-order valence-corrected chi connectivity index (χ3v) is 3.39. The lowest BCUT2D eigenvalue weighted by molar-refractivity contribution is -0.144. The van der Waals surface area contributed by atoms with Gasteiger partial charge in [-0.1, -0.05) is 20.8 Å². The summed E-state index contributed by atoms with van der Waals surface area (Å²) < 4.78 is 4.65. The van der Waals surface area contributed by atoms with Crippen LogP contribution in [0.25, 0.3) is 0 Å². The van der Waals surface area contributed by atoms with Crippen LogP contribution in [-0.2, 0) is 9.53 Å². The van der Waals surface area contributed by atoms with Crippen molar-refractivity contribution in [1.29, 1.82) is 0 Å². The van der Waals surface area contributed by atoms with Crippen LogP contribution in [0.1, 0.15) is 33.6 Å². The van der Waals surface area contributed by atoms with E-state index in [2.05, 4.69) is 23.9 Å². The number of carbonyl (C=O) groups is 1. The molecule has 4 nitrogen and oxygen atoms in total. The van der Waals surface area contributed by atoms with Crippen LogP contribution in [0.4, 0.5) is 0 Å². The number of hydrogen-bond acceptors (Lipinski definition) is 4. The van der Waals surface area contributed by atoms with Crippen LogP contribution in [0.3, 0.4) is 0 Å². The molecule has 0 bridgehead atoms. The van der Waals surface area contributed by atoms with Gasteiger partial charge < -0.3 is 15.2 Å². The lowest BCUT2D eigenvalue weighted by atomic mass is 9.83.